The Balaban J connectivity index is 0.00000623. The van der Waals surface area contributed by atoms with Gasteiger partial charge in [0.15, 0.2) is 17.9 Å². The molecule has 0 saturated carbocycles. The monoisotopic (exact) mass is 1030 g/mol. The molecular formula is C41H74N18O13. The second kappa shape index (κ2) is 32.3. The number of aliphatic carboxylic acids is 2. The Morgan fingerprint density at radius 3 is 1.44 bits per heavy atom. The lowest BCUT2D eigenvalue weighted by atomic mass is 10.1. The van der Waals surface area contributed by atoms with Crippen LogP contribution in [0.3, 0.4) is 0 Å². The molecule has 0 aromatic heterocycles. The summed E-state index contributed by atoms with van der Waals surface area (Å²) >= 11 is 0. The van der Waals surface area contributed by atoms with Crippen LogP contribution in [0.15, 0.2) is 15.0 Å². The maximum absolute atomic E-state index is 13.9. The first-order valence-electron chi connectivity index (χ1n) is 23.1. The van der Waals surface area contributed by atoms with Crippen LogP contribution in [-0.2, 0) is 47.9 Å². The lowest BCUT2D eigenvalue weighted by Gasteiger charge is -2.31. The average molecular weight is 1030 g/mol. The van der Waals surface area contributed by atoms with E-state index in [9.17, 15) is 53.4 Å². The maximum Gasteiger partial charge on any atom is 0.326 e. The van der Waals surface area contributed by atoms with Crippen LogP contribution in [0.25, 0.3) is 0 Å². The number of aliphatic hydroxyl groups excluding tert-OH is 1. The predicted octanol–water partition coefficient (Wildman–Crippen LogP) is -7.80. The summed E-state index contributed by atoms with van der Waals surface area (Å²) in [5.74, 6) is -8.72. The molecule has 8 atom stereocenters. The van der Waals surface area contributed by atoms with Crippen molar-refractivity contribution < 1.29 is 63.3 Å². The van der Waals surface area contributed by atoms with Crippen molar-refractivity contribution in [1.29, 1.82) is 0 Å². The number of hydrogen-bond acceptors (Lipinski definition) is 15. The first-order chi connectivity index (χ1) is 33.8. The molecular weight excluding hydrogens is 953 g/mol. The molecule has 72 heavy (non-hydrogen) atoms. The highest BCUT2D eigenvalue weighted by atomic mass is 16.4. The van der Waals surface area contributed by atoms with Crippen LogP contribution in [-0.4, -0.2) is 196 Å². The van der Waals surface area contributed by atoms with Crippen LogP contribution in [0.2, 0.25) is 0 Å². The van der Waals surface area contributed by atoms with Gasteiger partial charge in [0.05, 0.1) is 25.2 Å². The fourth-order valence-electron chi connectivity index (χ4n) is 7.31. The van der Waals surface area contributed by atoms with Gasteiger partial charge >= 0.3 is 5.97 Å². The number of aliphatic imine (C=N–C) groups is 3. The van der Waals surface area contributed by atoms with Crippen molar-refractivity contribution in [2.45, 2.75) is 133 Å². The fraction of sp³-hybridized carbons (Fsp3) is 0.683. The van der Waals surface area contributed by atoms with E-state index in [4.69, 9.17) is 50.0 Å². The SMILES string of the molecule is CC(=O)O.C[C@H](N)C(=O)N1CCC[C@H]1C(=O)N[C@@H](CCCN=C(N)N)C(=O)N[C@@H](C(=O)N1CCC[C@H]1C(=O)NCC(=O)NCC(=O)N[C@@H](CCCN=C(N)N)C(=O)N[C@H](CCCN=C(N)N)C(=O)O)[C@H](C)O. The Labute approximate surface area is 415 Å². The van der Waals surface area contributed by atoms with Gasteiger partial charge in [-0.15, -0.1) is 0 Å². The minimum atomic E-state index is -1.58. The number of aliphatic hydroxyl groups is 1. The standard InChI is InChI=1S/C39H70N18O11.C2H4O2/c1-20(40)34(65)56-16-7-12-26(56)33(64)53-23(9-4-14-48-38(43)44)31(62)55-29(21(2)58)35(66)57-17-6-11-25(57)32(63)51-18-27(59)50-19-28(60)52-22(8-3-13-47-37(41)42)30(61)54-24(36(67)68)10-5-15-49-39(45)46;1-2(3)4/h20-26,29,58H,3-19,40H2,1-2H3,(H,50,59)(H,51,63)(H,52,60)(H,53,64)(H,54,61)(H,55,62)(H,67,68)(H4,41,42,47)(H4,43,44,48)(H4,45,46,49);1H3,(H,3,4)/t20-,21-,22-,23-,24+,25-,26-,29+;/m0./s1. The van der Waals surface area contributed by atoms with Gasteiger partial charge in [0.1, 0.15) is 36.3 Å². The van der Waals surface area contributed by atoms with Crippen molar-refractivity contribution in [3.63, 3.8) is 0 Å². The van der Waals surface area contributed by atoms with Gasteiger partial charge in [0.2, 0.25) is 47.3 Å². The van der Waals surface area contributed by atoms with E-state index >= 15 is 0 Å². The lowest BCUT2D eigenvalue weighted by Crippen LogP contribution is -2.60. The molecule has 0 aromatic rings. The van der Waals surface area contributed by atoms with E-state index in [-0.39, 0.29) is 89.0 Å². The van der Waals surface area contributed by atoms with Crippen LogP contribution < -0.4 is 72.0 Å². The number of nitrogens with one attached hydrogen (secondary N) is 6. The molecule has 406 valence electrons. The van der Waals surface area contributed by atoms with Gasteiger partial charge in [-0.3, -0.25) is 58.1 Å². The smallest absolute Gasteiger partial charge is 0.326 e. The summed E-state index contributed by atoms with van der Waals surface area (Å²) in [4.78, 5) is 141. The number of hydrogen-bond donors (Lipinski definition) is 16. The van der Waals surface area contributed by atoms with Gasteiger partial charge in [-0.2, -0.15) is 0 Å². The van der Waals surface area contributed by atoms with Crippen LogP contribution >= 0.6 is 0 Å². The molecule has 31 heteroatoms. The van der Waals surface area contributed by atoms with E-state index in [1.54, 1.807) is 0 Å². The van der Waals surface area contributed by atoms with Crippen molar-refractivity contribution >= 4 is 77.1 Å². The zero-order valence-corrected chi connectivity index (χ0v) is 40.8. The molecule has 0 radical (unpaired) electrons. The van der Waals surface area contributed by atoms with Gasteiger partial charge in [-0.05, 0) is 78.1 Å². The second-order valence-corrected chi connectivity index (χ2v) is 16.8. The summed E-state index contributed by atoms with van der Waals surface area (Å²) in [6.07, 6.45) is 0.436. The summed E-state index contributed by atoms with van der Waals surface area (Å²) in [6.45, 7) is 3.17. The molecule has 2 fully saturated rings. The third-order valence-electron chi connectivity index (χ3n) is 10.7. The number of amides is 8. The minimum absolute atomic E-state index is 0.00499. The minimum Gasteiger partial charge on any atom is -0.481 e. The van der Waals surface area contributed by atoms with Gasteiger partial charge in [0, 0.05) is 39.6 Å². The normalized spacial score (nSPS) is 17.3. The number of nitrogens with two attached hydrogens (primary N) is 7. The Bertz CT molecular complexity index is 1970. The van der Waals surface area contributed by atoms with Gasteiger partial charge in [0.25, 0.3) is 5.97 Å². The van der Waals surface area contributed by atoms with Crippen LogP contribution in [0, 0.1) is 0 Å². The number of likely N-dealkylation sites (tertiary alicyclic amines) is 2. The fourth-order valence-corrected chi connectivity index (χ4v) is 7.31. The average Bonchev–Trinajstić information content (AvgIpc) is 4.00. The maximum atomic E-state index is 13.9. The van der Waals surface area contributed by atoms with Crippen LogP contribution in [0.1, 0.15) is 85.0 Å². The number of rotatable bonds is 28. The Kier molecular flexibility index (Phi) is 28.0. The van der Waals surface area contributed by atoms with Crippen LogP contribution in [0.5, 0.6) is 0 Å². The zero-order valence-electron chi connectivity index (χ0n) is 40.8. The van der Waals surface area contributed by atoms with Crippen molar-refractivity contribution in [2.24, 2.45) is 55.1 Å². The third kappa shape index (κ3) is 23.8. The summed E-state index contributed by atoms with van der Waals surface area (Å²) in [5.41, 5.74) is 37.9. The quantitative estimate of drug-likeness (QED) is 0.0197. The van der Waals surface area contributed by atoms with Gasteiger partial charge in [-0.25, -0.2) is 4.79 Å². The van der Waals surface area contributed by atoms with Crippen LogP contribution in [0.4, 0.5) is 0 Å². The Morgan fingerprint density at radius 1 is 0.583 bits per heavy atom. The summed E-state index contributed by atoms with van der Waals surface area (Å²) < 4.78 is 0. The topological polar surface area (TPSA) is 529 Å². The van der Waals surface area contributed by atoms with E-state index in [2.05, 4.69) is 46.9 Å². The zero-order chi connectivity index (χ0) is 54.7. The molecule has 23 N–H and O–H groups in total. The Morgan fingerprint density at radius 2 is 1.00 bits per heavy atom. The first kappa shape index (κ1) is 62.4. The molecule has 0 aromatic carbocycles. The molecule has 8 amide bonds. The molecule has 2 saturated heterocycles. The molecule has 2 aliphatic rings. The highest BCUT2D eigenvalue weighted by molar-refractivity contribution is 5.97. The van der Waals surface area contributed by atoms with Gasteiger partial charge in [-0.1, -0.05) is 0 Å². The summed E-state index contributed by atoms with van der Waals surface area (Å²) in [5, 5.41) is 42.5. The first-order valence-corrected chi connectivity index (χ1v) is 23.1. The predicted molar refractivity (Wildman–Crippen MR) is 259 cm³/mol. The highest BCUT2D eigenvalue weighted by Crippen LogP contribution is 2.21. The molecule has 31 nitrogen and oxygen atoms in total. The number of carboxylic acid groups (broad SMARTS) is 2. The Hall–Kier alpha value is -7.57. The molecule has 0 bridgehead atoms. The largest absolute Gasteiger partial charge is 0.481 e. The van der Waals surface area contributed by atoms with Crippen molar-refractivity contribution in [2.75, 3.05) is 45.8 Å². The molecule has 2 rings (SSSR count). The van der Waals surface area contributed by atoms with E-state index in [0.717, 1.165) is 11.8 Å². The van der Waals surface area contributed by atoms with E-state index in [1.807, 2.05) is 0 Å². The third-order valence-corrected chi connectivity index (χ3v) is 10.7. The van der Waals surface area contributed by atoms with E-state index in [0.29, 0.717) is 25.8 Å². The number of carbonyl (C=O) groups excluding carboxylic acids is 8. The number of guanidine groups is 3. The summed E-state index contributed by atoms with van der Waals surface area (Å²) in [6, 6.07) is -8.35. The number of carbonyl (C=O) groups is 10. The van der Waals surface area contributed by atoms with Crippen molar-refractivity contribution in [3.8, 4) is 0 Å². The second-order valence-electron chi connectivity index (χ2n) is 16.8. The molecule has 0 unspecified atom stereocenters. The van der Waals surface area contributed by atoms with Crippen molar-refractivity contribution in [3.05, 3.63) is 0 Å². The molecule has 2 aliphatic heterocycles. The summed E-state index contributed by atoms with van der Waals surface area (Å²) in [7, 11) is 0. The van der Waals surface area contributed by atoms with Crippen molar-refractivity contribution in [1.82, 2.24) is 41.7 Å². The number of carboxylic acids is 2. The molecule has 0 aliphatic carbocycles. The highest BCUT2D eigenvalue weighted by Gasteiger charge is 2.41. The van der Waals surface area contributed by atoms with E-state index in [1.165, 1.54) is 18.7 Å². The molecule has 0 spiro atoms. The van der Waals surface area contributed by atoms with Gasteiger partial charge < -0.3 is 97.2 Å². The molecule has 2 heterocycles. The van der Waals surface area contributed by atoms with E-state index < -0.39 is 121 Å². The lowest BCUT2D eigenvalue weighted by molar-refractivity contribution is -0.144. The number of nitrogens with zero attached hydrogens (tertiary/aromatic N) is 5.